The van der Waals surface area contributed by atoms with Crippen LogP contribution in [-0.4, -0.2) is 15.9 Å². The van der Waals surface area contributed by atoms with E-state index in [2.05, 4.69) is 9.97 Å². The summed E-state index contributed by atoms with van der Waals surface area (Å²) >= 11 is 0. The van der Waals surface area contributed by atoms with Gasteiger partial charge in [-0.25, -0.2) is 4.79 Å². The van der Waals surface area contributed by atoms with Crippen molar-refractivity contribution in [1.82, 2.24) is 9.97 Å². The van der Waals surface area contributed by atoms with Crippen LogP contribution in [0.1, 0.15) is 15.9 Å². The highest BCUT2D eigenvalue weighted by molar-refractivity contribution is 6.03. The molecule has 1 aromatic carbocycles. The Balaban J connectivity index is 1.77. The van der Waals surface area contributed by atoms with Crippen molar-refractivity contribution in [3.05, 3.63) is 66.1 Å². The average molecular weight is 252 g/mol. The minimum atomic E-state index is -0.325. The predicted octanol–water partition coefficient (Wildman–Crippen LogP) is 2.92. The van der Waals surface area contributed by atoms with Crippen molar-refractivity contribution >= 4 is 16.9 Å². The third-order valence-corrected chi connectivity index (χ3v) is 2.93. The number of carbonyl (C=O) groups is 1. The summed E-state index contributed by atoms with van der Waals surface area (Å²) in [6, 6.07) is 11.3. The number of benzene rings is 1. The van der Waals surface area contributed by atoms with Gasteiger partial charge in [0.15, 0.2) is 0 Å². The van der Waals surface area contributed by atoms with Crippen molar-refractivity contribution in [2.75, 3.05) is 0 Å². The molecule has 0 aliphatic heterocycles. The van der Waals surface area contributed by atoms with Crippen LogP contribution in [0.15, 0.2) is 55.0 Å². The molecule has 0 fully saturated rings. The summed E-state index contributed by atoms with van der Waals surface area (Å²) in [6.45, 7) is 0.251. The van der Waals surface area contributed by atoms with E-state index in [1.54, 1.807) is 18.6 Å². The van der Waals surface area contributed by atoms with Crippen molar-refractivity contribution in [1.29, 1.82) is 0 Å². The SMILES string of the molecule is O=C(OCc1ccncc1)c1c[nH]c2ccccc12. The first-order valence-electron chi connectivity index (χ1n) is 5.97. The molecule has 0 aliphatic carbocycles. The molecule has 0 spiro atoms. The van der Waals surface area contributed by atoms with Gasteiger partial charge in [-0.2, -0.15) is 0 Å². The summed E-state index contributed by atoms with van der Waals surface area (Å²) in [4.78, 5) is 19.0. The second-order valence-electron chi connectivity index (χ2n) is 4.18. The number of H-pyrrole nitrogens is 1. The molecule has 1 N–H and O–H groups in total. The smallest absolute Gasteiger partial charge is 0.340 e. The number of pyridine rings is 1. The van der Waals surface area contributed by atoms with Gasteiger partial charge in [0, 0.05) is 29.5 Å². The molecule has 3 aromatic rings. The molecule has 19 heavy (non-hydrogen) atoms. The third-order valence-electron chi connectivity index (χ3n) is 2.93. The number of hydrogen-bond acceptors (Lipinski definition) is 3. The zero-order chi connectivity index (χ0) is 13.1. The molecular weight excluding hydrogens is 240 g/mol. The second kappa shape index (κ2) is 4.94. The fourth-order valence-corrected chi connectivity index (χ4v) is 1.95. The van der Waals surface area contributed by atoms with E-state index < -0.39 is 0 Å². The first-order valence-corrected chi connectivity index (χ1v) is 5.97. The second-order valence-corrected chi connectivity index (χ2v) is 4.18. The lowest BCUT2D eigenvalue weighted by Crippen LogP contribution is -2.04. The lowest BCUT2D eigenvalue weighted by molar-refractivity contribution is 0.0475. The van der Waals surface area contributed by atoms with Crippen LogP contribution in [0.25, 0.3) is 10.9 Å². The number of rotatable bonds is 3. The Morgan fingerprint density at radius 2 is 1.95 bits per heavy atom. The van der Waals surface area contributed by atoms with Crippen LogP contribution < -0.4 is 0 Å². The van der Waals surface area contributed by atoms with Gasteiger partial charge in [0.2, 0.25) is 0 Å². The molecule has 0 amide bonds. The Labute approximate surface area is 110 Å². The Bertz CT molecular complexity index is 704. The topological polar surface area (TPSA) is 55.0 Å². The highest BCUT2D eigenvalue weighted by Crippen LogP contribution is 2.18. The number of para-hydroxylation sites is 1. The van der Waals surface area contributed by atoms with Crippen molar-refractivity contribution in [2.45, 2.75) is 6.61 Å². The van der Waals surface area contributed by atoms with Gasteiger partial charge in [-0.3, -0.25) is 4.98 Å². The number of carbonyl (C=O) groups excluding carboxylic acids is 1. The average Bonchev–Trinajstić information content (AvgIpc) is 2.90. The Morgan fingerprint density at radius 1 is 1.16 bits per heavy atom. The van der Waals surface area contributed by atoms with Gasteiger partial charge in [0.05, 0.1) is 5.56 Å². The van der Waals surface area contributed by atoms with E-state index in [4.69, 9.17) is 4.74 Å². The van der Waals surface area contributed by atoms with Gasteiger partial charge in [-0.1, -0.05) is 18.2 Å². The molecule has 0 saturated heterocycles. The van der Waals surface area contributed by atoms with Gasteiger partial charge in [-0.05, 0) is 23.8 Å². The van der Waals surface area contributed by atoms with Crippen LogP contribution in [0.2, 0.25) is 0 Å². The number of aromatic nitrogens is 2. The lowest BCUT2D eigenvalue weighted by atomic mass is 10.2. The summed E-state index contributed by atoms with van der Waals surface area (Å²) in [5, 5.41) is 0.877. The van der Waals surface area contributed by atoms with Gasteiger partial charge < -0.3 is 9.72 Å². The molecule has 94 valence electrons. The molecule has 3 rings (SSSR count). The fraction of sp³-hybridized carbons (Fsp3) is 0.0667. The molecule has 0 aliphatic rings. The maximum Gasteiger partial charge on any atom is 0.340 e. The molecule has 2 aromatic heterocycles. The van der Waals surface area contributed by atoms with Crippen LogP contribution >= 0.6 is 0 Å². The normalized spacial score (nSPS) is 10.5. The highest BCUT2D eigenvalue weighted by Gasteiger charge is 2.12. The summed E-state index contributed by atoms with van der Waals surface area (Å²) in [7, 11) is 0. The number of aromatic amines is 1. The lowest BCUT2D eigenvalue weighted by Gasteiger charge is -2.03. The van der Waals surface area contributed by atoms with Crippen molar-refractivity contribution in [3.8, 4) is 0 Å². The van der Waals surface area contributed by atoms with E-state index in [0.717, 1.165) is 16.5 Å². The first-order chi connectivity index (χ1) is 9.34. The minimum Gasteiger partial charge on any atom is -0.457 e. The van der Waals surface area contributed by atoms with E-state index in [0.29, 0.717) is 5.56 Å². The van der Waals surface area contributed by atoms with Gasteiger partial charge in [-0.15, -0.1) is 0 Å². The van der Waals surface area contributed by atoms with Crippen molar-refractivity contribution in [2.24, 2.45) is 0 Å². The zero-order valence-corrected chi connectivity index (χ0v) is 10.2. The summed E-state index contributed by atoms with van der Waals surface area (Å²) in [6.07, 6.45) is 5.03. The fourth-order valence-electron chi connectivity index (χ4n) is 1.95. The van der Waals surface area contributed by atoms with Crippen molar-refractivity contribution in [3.63, 3.8) is 0 Å². The van der Waals surface area contributed by atoms with Crippen LogP contribution in [-0.2, 0) is 11.3 Å². The predicted molar refractivity (Wildman–Crippen MR) is 71.7 cm³/mol. The number of nitrogens with one attached hydrogen (secondary N) is 1. The molecule has 0 saturated carbocycles. The number of esters is 1. The number of fused-ring (bicyclic) bond motifs is 1. The molecule has 0 unspecified atom stereocenters. The van der Waals surface area contributed by atoms with Crippen LogP contribution in [0, 0.1) is 0 Å². The Morgan fingerprint density at radius 3 is 2.79 bits per heavy atom. The quantitative estimate of drug-likeness (QED) is 0.729. The number of ether oxygens (including phenoxy) is 1. The van der Waals surface area contributed by atoms with E-state index in [1.807, 2.05) is 36.4 Å². The monoisotopic (exact) mass is 252 g/mol. The Kier molecular flexibility index (Phi) is 2.98. The summed E-state index contributed by atoms with van der Waals surface area (Å²) in [5.74, 6) is -0.325. The van der Waals surface area contributed by atoms with E-state index in [-0.39, 0.29) is 12.6 Å². The minimum absolute atomic E-state index is 0.251. The standard InChI is InChI=1S/C15H12N2O2/c18-15(19-10-11-5-7-16-8-6-11)13-9-17-14-4-2-1-3-12(13)14/h1-9,17H,10H2. The molecular formula is C15H12N2O2. The van der Waals surface area contributed by atoms with Crippen LogP contribution in [0.3, 0.4) is 0 Å². The summed E-state index contributed by atoms with van der Waals surface area (Å²) in [5.41, 5.74) is 2.41. The van der Waals surface area contributed by atoms with Gasteiger partial charge in [0.1, 0.15) is 6.61 Å². The molecule has 4 nitrogen and oxygen atoms in total. The molecule has 0 bridgehead atoms. The third kappa shape index (κ3) is 2.33. The number of nitrogens with zero attached hydrogens (tertiary/aromatic N) is 1. The maximum absolute atomic E-state index is 12.0. The van der Waals surface area contributed by atoms with Crippen LogP contribution in [0.5, 0.6) is 0 Å². The highest BCUT2D eigenvalue weighted by atomic mass is 16.5. The Hall–Kier alpha value is -2.62. The largest absolute Gasteiger partial charge is 0.457 e. The van der Waals surface area contributed by atoms with E-state index in [9.17, 15) is 4.79 Å². The molecule has 0 radical (unpaired) electrons. The van der Waals surface area contributed by atoms with Crippen LogP contribution in [0.4, 0.5) is 0 Å². The van der Waals surface area contributed by atoms with E-state index >= 15 is 0 Å². The zero-order valence-electron chi connectivity index (χ0n) is 10.2. The molecule has 2 heterocycles. The summed E-state index contributed by atoms with van der Waals surface area (Å²) < 4.78 is 5.29. The van der Waals surface area contributed by atoms with Gasteiger partial charge >= 0.3 is 5.97 Å². The maximum atomic E-state index is 12.0. The molecule has 4 heteroatoms. The first kappa shape index (κ1) is 11.5. The van der Waals surface area contributed by atoms with Gasteiger partial charge in [0.25, 0.3) is 0 Å². The number of hydrogen-bond donors (Lipinski definition) is 1. The molecule has 0 atom stereocenters. The van der Waals surface area contributed by atoms with E-state index in [1.165, 1.54) is 0 Å². The van der Waals surface area contributed by atoms with Crippen molar-refractivity contribution < 1.29 is 9.53 Å².